The molecule has 0 fully saturated rings. The summed E-state index contributed by atoms with van der Waals surface area (Å²) >= 11 is 0. The van der Waals surface area contributed by atoms with Gasteiger partial charge in [0.25, 0.3) is 0 Å². The summed E-state index contributed by atoms with van der Waals surface area (Å²) in [6.07, 6.45) is 13.0. The maximum absolute atomic E-state index is 13.0. The number of carbonyl (C=O) groups excluding carboxylic acids is 1. The van der Waals surface area contributed by atoms with Crippen LogP contribution in [0.5, 0.6) is 0 Å². The Morgan fingerprint density at radius 2 is 1.74 bits per heavy atom. The molecule has 0 heterocycles. The SMILES string of the molecule is CCCCCCCCCCCC(=O)N/N=C/c1cccc(F)c1. The van der Waals surface area contributed by atoms with Crippen LogP contribution in [0.4, 0.5) is 4.39 Å². The van der Waals surface area contributed by atoms with Gasteiger partial charge < -0.3 is 0 Å². The van der Waals surface area contributed by atoms with Crippen molar-refractivity contribution < 1.29 is 9.18 Å². The van der Waals surface area contributed by atoms with Crippen LogP contribution in [-0.4, -0.2) is 12.1 Å². The van der Waals surface area contributed by atoms with Gasteiger partial charge in [0.05, 0.1) is 6.21 Å². The molecule has 3 nitrogen and oxygen atoms in total. The highest BCUT2D eigenvalue weighted by atomic mass is 19.1. The summed E-state index contributed by atoms with van der Waals surface area (Å²) in [5.74, 6) is -0.393. The molecular weight excluding hydrogens is 291 g/mol. The molecule has 0 radical (unpaired) electrons. The van der Waals surface area contributed by atoms with Crippen molar-refractivity contribution in [1.29, 1.82) is 0 Å². The molecule has 1 amide bonds. The monoisotopic (exact) mass is 320 g/mol. The molecule has 0 spiro atoms. The summed E-state index contributed by atoms with van der Waals surface area (Å²) in [7, 11) is 0. The number of rotatable bonds is 12. The minimum absolute atomic E-state index is 0.0828. The van der Waals surface area contributed by atoms with Crippen molar-refractivity contribution in [2.45, 2.75) is 71.1 Å². The van der Waals surface area contributed by atoms with Crippen molar-refractivity contribution in [3.63, 3.8) is 0 Å². The quantitative estimate of drug-likeness (QED) is 0.321. The van der Waals surface area contributed by atoms with Gasteiger partial charge in [-0.3, -0.25) is 4.79 Å². The first kappa shape index (κ1) is 19.3. The number of hydrogen-bond donors (Lipinski definition) is 1. The summed E-state index contributed by atoms with van der Waals surface area (Å²) in [5, 5.41) is 3.85. The number of unbranched alkanes of at least 4 members (excludes halogenated alkanes) is 8. The number of carbonyl (C=O) groups is 1. The second-order valence-corrected chi connectivity index (χ2v) is 5.93. The van der Waals surface area contributed by atoms with Gasteiger partial charge in [-0.05, 0) is 24.1 Å². The van der Waals surface area contributed by atoms with Crippen LogP contribution in [0.25, 0.3) is 0 Å². The smallest absolute Gasteiger partial charge is 0.240 e. The third-order valence-electron chi connectivity index (χ3n) is 3.76. The first-order valence-electron chi connectivity index (χ1n) is 8.80. The van der Waals surface area contributed by atoms with Gasteiger partial charge in [0.2, 0.25) is 5.91 Å². The second kappa shape index (κ2) is 12.8. The molecular formula is C19H29FN2O. The van der Waals surface area contributed by atoms with Gasteiger partial charge in [-0.2, -0.15) is 5.10 Å². The number of benzene rings is 1. The number of hydrazone groups is 1. The van der Waals surface area contributed by atoms with E-state index in [0.717, 1.165) is 12.8 Å². The van der Waals surface area contributed by atoms with E-state index in [-0.39, 0.29) is 11.7 Å². The van der Waals surface area contributed by atoms with Crippen LogP contribution < -0.4 is 5.43 Å². The lowest BCUT2D eigenvalue weighted by molar-refractivity contribution is -0.121. The van der Waals surface area contributed by atoms with Gasteiger partial charge >= 0.3 is 0 Å². The van der Waals surface area contributed by atoms with Crippen molar-refractivity contribution in [2.75, 3.05) is 0 Å². The van der Waals surface area contributed by atoms with E-state index >= 15 is 0 Å². The number of hydrogen-bond acceptors (Lipinski definition) is 2. The van der Waals surface area contributed by atoms with Gasteiger partial charge in [-0.15, -0.1) is 0 Å². The van der Waals surface area contributed by atoms with Crippen molar-refractivity contribution in [2.24, 2.45) is 5.10 Å². The number of nitrogens with zero attached hydrogens (tertiary/aromatic N) is 1. The average molecular weight is 320 g/mol. The maximum atomic E-state index is 13.0. The Morgan fingerprint density at radius 1 is 1.09 bits per heavy atom. The second-order valence-electron chi connectivity index (χ2n) is 5.93. The molecule has 1 N–H and O–H groups in total. The van der Waals surface area contributed by atoms with Crippen molar-refractivity contribution in [3.05, 3.63) is 35.6 Å². The van der Waals surface area contributed by atoms with E-state index in [9.17, 15) is 9.18 Å². The molecule has 128 valence electrons. The zero-order valence-electron chi connectivity index (χ0n) is 14.2. The molecule has 1 aromatic carbocycles. The number of nitrogens with one attached hydrogen (secondary N) is 1. The Bertz CT molecular complexity index is 474. The van der Waals surface area contributed by atoms with Gasteiger partial charge in [-0.1, -0.05) is 70.4 Å². The van der Waals surface area contributed by atoms with Gasteiger partial charge in [0.1, 0.15) is 5.82 Å². The van der Waals surface area contributed by atoms with Crippen LogP contribution in [0.15, 0.2) is 29.4 Å². The van der Waals surface area contributed by atoms with E-state index in [1.54, 1.807) is 12.1 Å². The standard InChI is InChI=1S/C19H29FN2O/c1-2-3-4-5-6-7-8-9-10-14-19(23)22-21-16-17-12-11-13-18(20)15-17/h11-13,15-16H,2-10,14H2,1H3,(H,22,23)/b21-16+. The summed E-state index contributed by atoms with van der Waals surface area (Å²) < 4.78 is 13.0. The van der Waals surface area contributed by atoms with E-state index in [1.807, 2.05) is 0 Å². The molecule has 0 aliphatic carbocycles. The third-order valence-corrected chi connectivity index (χ3v) is 3.76. The minimum atomic E-state index is -0.310. The molecule has 1 aromatic rings. The number of amides is 1. The van der Waals surface area contributed by atoms with Crippen LogP contribution in [0.2, 0.25) is 0 Å². The summed E-state index contributed by atoms with van der Waals surface area (Å²) in [4.78, 5) is 11.6. The molecule has 23 heavy (non-hydrogen) atoms. The summed E-state index contributed by atoms with van der Waals surface area (Å²) in [6, 6.07) is 6.09. The Kier molecular flexibility index (Phi) is 10.8. The molecule has 0 atom stereocenters. The van der Waals surface area contributed by atoms with Crippen LogP contribution in [0.1, 0.15) is 76.7 Å². The normalized spacial score (nSPS) is 11.0. The molecule has 0 aromatic heterocycles. The lowest BCUT2D eigenvalue weighted by Gasteiger charge is -2.02. The Labute approximate surface area is 139 Å². The number of halogens is 1. The highest BCUT2D eigenvalue weighted by Gasteiger charge is 1.99. The zero-order valence-corrected chi connectivity index (χ0v) is 14.2. The third kappa shape index (κ3) is 10.6. The van der Waals surface area contributed by atoms with Gasteiger partial charge in [0.15, 0.2) is 0 Å². The Morgan fingerprint density at radius 3 is 2.39 bits per heavy atom. The minimum Gasteiger partial charge on any atom is -0.273 e. The zero-order chi connectivity index (χ0) is 16.8. The largest absolute Gasteiger partial charge is 0.273 e. The highest BCUT2D eigenvalue weighted by molar-refractivity contribution is 5.82. The van der Waals surface area contributed by atoms with E-state index in [2.05, 4.69) is 17.5 Å². The van der Waals surface area contributed by atoms with Crippen LogP contribution in [-0.2, 0) is 4.79 Å². The van der Waals surface area contributed by atoms with Crippen molar-refractivity contribution >= 4 is 12.1 Å². The molecule has 0 saturated carbocycles. The molecule has 4 heteroatoms. The van der Waals surface area contributed by atoms with E-state index in [1.165, 1.54) is 63.3 Å². The lowest BCUT2D eigenvalue weighted by atomic mass is 10.1. The van der Waals surface area contributed by atoms with Crippen molar-refractivity contribution in [3.8, 4) is 0 Å². The fourth-order valence-corrected chi connectivity index (χ4v) is 2.42. The predicted molar refractivity (Wildman–Crippen MR) is 94.0 cm³/mol. The van der Waals surface area contributed by atoms with Crippen LogP contribution in [0.3, 0.4) is 0 Å². The topological polar surface area (TPSA) is 41.5 Å². The van der Waals surface area contributed by atoms with Gasteiger partial charge in [0, 0.05) is 6.42 Å². The maximum Gasteiger partial charge on any atom is 0.240 e. The Hall–Kier alpha value is -1.71. The fourth-order valence-electron chi connectivity index (χ4n) is 2.42. The van der Waals surface area contributed by atoms with Crippen molar-refractivity contribution in [1.82, 2.24) is 5.43 Å². The van der Waals surface area contributed by atoms with Gasteiger partial charge in [-0.25, -0.2) is 9.82 Å². The van der Waals surface area contributed by atoms with E-state index in [4.69, 9.17) is 0 Å². The highest BCUT2D eigenvalue weighted by Crippen LogP contribution is 2.10. The lowest BCUT2D eigenvalue weighted by Crippen LogP contribution is -2.16. The predicted octanol–water partition coefficient (Wildman–Crippen LogP) is 5.20. The molecule has 0 saturated heterocycles. The average Bonchev–Trinajstić information content (AvgIpc) is 2.53. The molecule has 0 bridgehead atoms. The molecule has 0 aliphatic heterocycles. The first-order valence-corrected chi connectivity index (χ1v) is 8.80. The fraction of sp³-hybridized carbons (Fsp3) is 0.579. The van der Waals surface area contributed by atoms with Crippen LogP contribution >= 0.6 is 0 Å². The van der Waals surface area contributed by atoms with E-state index in [0.29, 0.717) is 12.0 Å². The van der Waals surface area contributed by atoms with Crippen LogP contribution in [0, 0.1) is 5.82 Å². The first-order chi connectivity index (χ1) is 11.2. The summed E-state index contributed by atoms with van der Waals surface area (Å²) in [6.45, 7) is 2.23. The Balaban J connectivity index is 2.00. The summed E-state index contributed by atoms with van der Waals surface area (Å²) in [5.41, 5.74) is 3.12. The van der Waals surface area contributed by atoms with E-state index < -0.39 is 0 Å². The molecule has 1 rings (SSSR count). The molecule has 0 unspecified atom stereocenters. The molecule has 0 aliphatic rings.